The van der Waals surface area contributed by atoms with Gasteiger partial charge in [-0.3, -0.25) is 9.89 Å². The number of nitrogens with two attached hydrogens (primary N) is 1. The maximum Gasteiger partial charge on any atom is 0.290 e. The van der Waals surface area contributed by atoms with Crippen LogP contribution in [0.1, 0.15) is 31.5 Å². The van der Waals surface area contributed by atoms with Crippen LogP contribution in [0.15, 0.2) is 4.79 Å². The fourth-order valence-electron chi connectivity index (χ4n) is 1.85. The molecule has 0 bridgehead atoms. The number of aromatic nitrogens is 2. The van der Waals surface area contributed by atoms with Crippen molar-refractivity contribution in [3.63, 3.8) is 0 Å². The molecule has 1 unspecified atom stereocenters. The van der Waals surface area contributed by atoms with Gasteiger partial charge in [-0.2, -0.15) is 0 Å². The number of hydrogen-bond acceptors (Lipinski definition) is 3. The number of ether oxygens (including phenoxy) is 1. The van der Waals surface area contributed by atoms with E-state index >= 15 is 0 Å². The minimum absolute atomic E-state index is 0.124. The van der Waals surface area contributed by atoms with E-state index in [0.29, 0.717) is 18.2 Å². The lowest BCUT2D eigenvalue weighted by Gasteiger charge is -2.10. The predicted octanol–water partition coefficient (Wildman–Crippen LogP) is 0.876. The SMILES string of the molecule is COCc1[nH]n(C(C)C2CC2)c(=O)c1N. The van der Waals surface area contributed by atoms with Crippen LogP contribution in [-0.2, 0) is 11.3 Å². The lowest BCUT2D eigenvalue weighted by atomic mass is 10.2. The average molecular weight is 211 g/mol. The maximum atomic E-state index is 11.8. The van der Waals surface area contributed by atoms with Gasteiger partial charge in [0.25, 0.3) is 5.56 Å². The van der Waals surface area contributed by atoms with E-state index in [9.17, 15) is 4.79 Å². The zero-order chi connectivity index (χ0) is 11.0. The minimum Gasteiger partial charge on any atom is -0.393 e. The lowest BCUT2D eigenvalue weighted by molar-refractivity contribution is 0.180. The van der Waals surface area contributed by atoms with Crippen molar-refractivity contribution in [2.45, 2.75) is 32.4 Å². The topological polar surface area (TPSA) is 73.0 Å². The van der Waals surface area contributed by atoms with Crippen LogP contribution < -0.4 is 11.3 Å². The van der Waals surface area contributed by atoms with E-state index in [4.69, 9.17) is 10.5 Å². The van der Waals surface area contributed by atoms with Crippen molar-refractivity contribution < 1.29 is 4.74 Å². The van der Waals surface area contributed by atoms with Gasteiger partial charge in [-0.1, -0.05) is 0 Å². The number of anilines is 1. The highest BCUT2D eigenvalue weighted by Gasteiger charge is 2.31. The third-order valence-electron chi connectivity index (χ3n) is 3.03. The largest absolute Gasteiger partial charge is 0.393 e. The molecule has 5 heteroatoms. The molecule has 1 atom stereocenters. The zero-order valence-electron chi connectivity index (χ0n) is 9.12. The highest BCUT2D eigenvalue weighted by atomic mass is 16.5. The smallest absolute Gasteiger partial charge is 0.290 e. The van der Waals surface area contributed by atoms with E-state index < -0.39 is 0 Å². The highest BCUT2D eigenvalue weighted by molar-refractivity contribution is 5.40. The molecule has 15 heavy (non-hydrogen) atoms. The summed E-state index contributed by atoms with van der Waals surface area (Å²) in [5, 5.41) is 3.03. The van der Waals surface area contributed by atoms with Gasteiger partial charge >= 0.3 is 0 Å². The summed E-state index contributed by atoms with van der Waals surface area (Å²) in [5.74, 6) is 0.621. The molecule has 1 aliphatic carbocycles. The number of aromatic amines is 1. The molecule has 1 saturated carbocycles. The Morgan fingerprint density at radius 2 is 2.33 bits per heavy atom. The third-order valence-corrected chi connectivity index (χ3v) is 3.03. The summed E-state index contributed by atoms with van der Waals surface area (Å²) in [6, 6.07) is 0.213. The summed E-state index contributed by atoms with van der Waals surface area (Å²) < 4.78 is 6.60. The Morgan fingerprint density at radius 1 is 1.67 bits per heavy atom. The van der Waals surface area contributed by atoms with E-state index in [1.54, 1.807) is 11.8 Å². The lowest BCUT2D eigenvalue weighted by Crippen LogP contribution is -2.23. The predicted molar refractivity (Wildman–Crippen MR) is 57.6 cm³/mol. The molecule has 1 aromatic heterocycles. The van der Waals surface area contributed by atoms with E-state index in [1.165, 1.54) is 12.8 Å². The van der Waals surface area contributed by atoms with Crippen molar-refractivity contribution >= 4 is 5.69 Å². The Labute approximate surface area is 88.2 Å². The monoisotopic (exact) mass is 211 g/mol. The number of nitrogens with one attached hydrogen (secondary N) is 1. The molecule has 1 fully saturated rings. The summed E-state index contributed by atoms with van der Waals surface area (Å²) in [6.07, 6.45) is 2.40. The first-order valence-corrected chi connectivity index (χ1v) is 5.23. The Bertz CT molecular complexity index is 403. The Balaban J connectivity index is 2.31. The molecular weight excluding hydrogens is 194 g/mol. The first-order valence-electron chi connectivity index (χ1n) is 5.23. The third kappa shape index (κ3) is 1.79. The minimum atomic E-state index is -0.124. The van der Waals surface area contributed by atoms with Crippen LogP contribution in [0.4, 0.5) is 5.69 Å². The van der Waals surface area contributed by atoms with Gasteiger partial charge in [0.1, 0.15) is 5.69 Å². The second-order valence-corrected chi connectivity index (χ2v) is 4.19. The summed E-state index contributed by atoms with van der Waals surface area (Å²) in [6.45, 7) is 2.40. The molecule has 1 heterocycles. The van der Waals surface area contributed by atoms with Crippen LogP contribution in [0.25, 0.3) is 0 Å². The number of nitrogen functional groups attached to an aromatic ring is 1. The zero-order valence-corrected chi connectivity index (χ0v) is 9.12. The van der Waals surface area contributed by atoms with Crippen LogP contribution in [0.5, 0.6) is 0 Å². The summed E-state index contributed by atoms with van der Waals surface area (Å²) in [5.41, 5.74) is 6.54. The molecule has 1 aromatic rings. The number of methoxy groups -OCH3 is 1. The van der Waals surface area contributed by atoms with Crippen molar-refractivity contribution in [3.05, 3.63) is 16.0 Å². The van der Waals surface area contributed by atoms with Gasteiger partial charge < -0.3 is 10.5 Å². The van der Waals surface area contributed by atoms with Crippen molar-refractivity contribution in [1.29, 1.82) is 0 Å². The average Bonchev–Trinajstić information content (AvgIpc) is 3.01. The van der Waals surface area contributed by atoms with Gasteiger partial charge in [0, 0.05) is 7.11 Å². The quantitative estimate of drug-likeness (QED) is 0.776. The first kappa shape index (κ1) is 10.3. The molecule has 3 N–H and O–H groups in total. The first-order chi connectivity index (χ1) is 7.15. The fourth-order valence-corrected chi connectivity index (χ4v) is 1.85. The fraction of sp³-hybridized carbons (Fsp3) is 0.700. The number of hydrogen-bond donors (Lipinski definition) is 2. The highest BCUT2D eigenvalue weighted by Crippen LogP contribution is 2.38. The molecule has 0 spiro atoms. The van der Waals surface area contributed by atoms with E-state index in [-0.39, 0.29) is 17.3 Å². The van der Waals surface area contributed by atoms with E-state index in [1.807, 2.05) is 6.92 Å². The number of nitrogens with zero attached hydrogens (tertiary/aromatic N) is 1. The number of rotatable bonds is 4. The molecule has 0 radical (unpaired) electrons. The van der Waals surface area contributed by atoms with Crippen molar-refractivity contribution in [1.82, 2.24) is 9.78 Å². The summed E-state index contributed by atoms with van der Waals surface area (Å²) in [4.78, 5) is 11.8. The Kier molecular flexibility index (Phi) is 2.56. The molecule has 0 aliphatic heterocycles. The van der Waals surface area contributed by atoms with Gasteiger partial charge in [0.2, 0.25) is 0 Å². The van der Waals surface area contributed by atoms with Gasteiger partial charge in [-0.15, -0.1) is 0 Å². The standard InChI is InChI=1S/C10H17N3O2/c1-6(7-3-4-7)13-10(14)9(11)8(12-13)5-15-2/h6-7,12H,3-5,11H2,1-2H3. The molecule has 2 rings (SSSR count). The van der Waals surface area contributed by atoms with Crippen molar-refractivity contribution in [3.8, 4) is 0 Å². The Hall–Kier alpha value is -1.23. The molecular formula is C10H17N3O2. The van der Waals surface area contributed by atoms with E-state index in [0.717, 1.165) is 0 Å². The summed E-state index contributed by atoms with van der Waals surface area (Å²) in [7, 11) is 1.58. The second-order valence-electron chi connectivity index (χ2n) is 4.19. The van der Waals surface area contributed by atoms with Crippen LogP contribution in [0.2, 0.25) is 0 Å². The summed E-state index contributed by atoms with van der Waals surface area (Å²) >= 11 is 0. The van der Waals surface area contributed by atoms with Crippen molar-refractivity contribution in [2.75, 3.05) is 12.8 Å². The Morgan fingerprint density at radius 3 is 2.87 bits per heavy atom. The van der Waals surface area contributed by atoms with Gasteiger partial charge in [-0.05, 0) is 25.7 Å². The normalized spacial score (nSPS) is 18.0. The second kappa shape index (κ2) is 3.73. The molecule has 84 valence electrons. The van der Waals surface area contributed by atoms with Crippen molar-refractivity contribution in [2.24, 2.45) is 5.92 Å². The van der Waals surface area contributed by atoms with Crippen LogP contribution in [0.3, 0.4) is 0 Å². The van der Waals surface area contributed by atoms with Crippen LogP contribution in [0, 0.1) is 5.92 Å². The molecule has 0 saturated heterocycles. The number of H-pyrrole nitrogens is 1. The van der Waals surface area contributed by atoms with Gasteiger partial charge in [0.05, 0.1) is 18.3 Å². The van der Waals surface area contributed by atoms with Gasteiger partial charge in [0.15, 0.2) is 0 Å². The molecule has 1 aliphatic rings. The van der Waals surface area contributed by atoms with Gasteiger partial charge in [-0.25, -0.2) is 4.68 Å². The maximum absolute atomic E-state index is 11.8. The van der Waals surface area contributed by atoms with Crippen LogP contribution >= 0.6 is 0 Å². The van der Waals surface area contributed by atoms with Crippen LogP contribution in [-0.4, -0.2) is 16.9 Å². The molecule has 0 aromatic carbocycles. The molecule has 5 nitrogen and oxygen atoms in total. The molecule has 0 amide bonds. The van der Waals surface area contributed by atoms with E-state index in [2.05, 4.69) is 5.10 Å².